The van der Waals surface area contributed by atoms with E-state index in [1.807, 2.05) is 24.3 Å². The molecule has 0 spiro atoms. The van der Waals surface area contributed by atoms with Gasteiger partial charge in [0.05, 0.1) is 31.3 Å². The van der Waals surface area contributed by atoms with Gasteiger partial charge in [-0.05, 0) is 11.6 Å². The van der Waals surface area contributed by atoms with E-state index in [0.717, 1.165) is 5.56 Å². The molecular weight excluding hydrogens is 358 g/mol. The minimum Gasteiger partial charge on any atom is -0.481 e. The number of carbonyl (C=O) groups is 2. The van der Waals surface area contributed by atoms with E-state index in [1.54, 1.807) is 16.9 Å². The Balaban J connectivity index is 1.61. The van der Waals surface area contributed by atoms with Crippen LogP contribution < -0.4 is 5.32 Å². The number of hydrogen-bond acceptors (Lipinski definition) is 4. The first-order valence-corrected chi connectivity index (χ1v) is 8.21. The Bertz CT molecular complexity index is 934. The van der Waals surface area contributed by atoms with Gasteiger partial charge in [0.1, 0.15) is 0 Å². The van der Waals surface area contributed by atoms with Crippen LogP contribution in [0.15, 0.2) is 48.9 Å². The summed E-state index contributed by atoms with van der Waals surface area (Å²) in [6.07, 6.45) is 4.57. The molecule has 0 unspecified atom stereocenters. The van der Waals surface area contributed by atoms with Crippen LogP contribution in [0.1, 0.15) is 22.3 Å². The molecule has 2 aromatic heterocycles. The zero-order chi connectivity index (χ0) is 18.5. The molecule has 3 aromatic rings. The van der Waals surface area contributed by atoms with Crippen molar-refractivity contribution >= 4 is 29.3 Å². The van der Waals surface area contributed by atoms with Gasteiger partial charge in [0.25, 0.3) is 5.91 Å². The van der Waals surface area contributed by atoms with Crippen LogP contribution in [0.3, 0.4) is 0 Å². The number of hydrogen-bond donors (Lipinski definition) is 2. The molecule has 0 atom stereocenters. The largest absolute Gasteiger partial charge is 0.481 e. The van der Waals surface area contributed by atoms with Crippen molar-refractivity contribution in [1.29, 1.82) is 0 Å². The first-order chi connectivity index (χ1) is 12.5. The molecule has 0 radical (unpaired) electrons. The molecule has 26 heavy (non-hydrogen) atoms. The normalized spacial score (nSPS) is 10.7. The smallest absolute Gasteiger partial charge is 0.305 e. The fraction of sp³-hybridized carbons (Fsp3) is 0.176. The third-order valence-electron chi connectivity index (χ3n) is 3.62. The number of anilines is 1. The molecule has 3 rings (SSSR count). The molecule has 0 saturated carbocycles. The number of aryl methyl sites for hydroxylation is 1. The third-order valence-corrected chi connectivity index (χ3v) is 3.99. The van der Waals surface area contributed by atoms with Crippen molar-refractivity contribution in [3.63, 3.8) is 0 Å². The maximum absolute atomic E-state index is 12.2. The number of carbonyl (C=O) groups excluding carboxylic acids is 1. The number of rotatable bonds is 7. The predicted molar refractivity (Wildman–Crippen MR) is 95.2 cm³/mol. The van der Waals surface area contributed by atoms with Crippen molar-refractivity contribution in [3.05, 3.63) is 65.1 Å². The van der Waals surface area contributed by atoms with E-state index in [-0.39, 0.29) is 18.9 Å². The predicted octanol–water partition coefficient (Wildman–Crippen LogP) is 2.51. The lowest BCUT2D eigenvalue weighted by molar-refractivity contribution is -0.137. The molecule has 1 aromatic carbocycles. The molecule has 0 aliphatic carbocycles. The highest BCUT2D eigenvalue weighted by atomic mass is 35.5. The summed E-state index contributed by atoms with van der Waals surface area (Å²) in [6, 6.07) is 9.16. The zero-order valence-corrected chi connectivity index (χ0v) is 14.4. The minimum absolute atomic E-state index is 0.0603. The topological polar surface area (TPSA) is 102 Å². The molecule has 0 fully saturated rings. The average molecular weight is 374 g/mol. The highest BCUT2D eigenvalue weighted by Crippen LogP contribution is 2.16. The van der Waals surface area contributed by atoms with Crippen LogP contribution in [0.5, 0.6) is 0 Å². The maximum Gasteiger partial charge on any atom is 0.305 e. The Morgan fingerprint density at radius 1 is 1.19 bits per heavy atom. The maximum atomic E-state index is 12.2. The summed E-state index contributed by atoms with van der Waals surface area (Å²) >= 11 is 6.14. The molecule has 0 aliphatic heterocycles. The summed E-state index contributed by atoms with van der Waals surface area (Å²) in [7, 11) is 0. The Morgan fingerprint density at radius 3 is 2.77 bits per heavy atom. The molecule has 0 bridgehead atoms. The van der Waals surface area contributed by atoms with E-state index < -0.39 is 5.97 Å². The van der Waals surface area contributed by atoms with Gasteiger partial charge in [-0.15, -0.1) is 0 Å². The van der Waals surface area contributed by atoms with Gasteiger partial charge in [-0.25, -0.2) is 0 Å². The van der Waals surface area contributed by atoms with Gasteiger partial charge in [-0.1, -0.05) is 29.8 Å². The molecule has 0 aliphatic rings. The highest BCUT2D eigenvalue weighted by Gasteiger charge is 2.11. The molecule has 9 heteroatoms. The number of carboxylic acid groups (broad SMARTS) is 1. The molecule has 1 amide bonds. The third kappa shape index (κ3) is 4.48. The number of aliphatic carboxylic acids is 1. The summed E-state index contributed by atoms with van der Waals surface area (Å²) < 4.78 is 3.09. The fourth-order valence-corrected chi connectivity index (χ4v) is 2.51. The highest BCUT2D eigenvalue weighted by molar-refractivity contribution is 6.31. The van der Waals surface area contributed by atoms with E-state index in [9.17, 15) is 9.59 Å². The Labute approximate surface area is 154 Å². The van der Waals surface area contributed by atoms with Crippen LogP contribution in [-0.4, -0.2) is 36.5 Å². The van der Waals surface area contributed by atoms with E-state index in [2.05, 4.69) is 15.5 Å². The van der Waals surface area contributed by atoms with Crippen LogP contribution in [-0.2, 0) is 17.9 Å². The summed E-state index contributed by atoms with van der Waals surface area (Å²) in [5, 5.41) is 20.3. The molecular formula is C17H16ClN5O3. The standard InChI is InChI=1S/C17H16ClN5O3/c18-14-4-2-1-3-12(14)10-23-7-5-15(21-23)20-17(26)13-9-19-22(11-13)8-6-16(24)25/h1-5,7,9,11H,6,8,10H2,(H,24,25)(H,20,21,26). The minimum atomic E-state index is -0.921. The lowest BCUT2D eigenvalue weighted by Crippen LogP contribution is -2.12. The Hall–Kier alpha value is -3.13. The summed E-state index contributed by atoms with van der Waals surface area (Å²) in [5.74, 6) is -0.884. The van der Waals surface area contributed by atoms with Crippen molar-refractivity contribution in [3.8, 4) is 0 Å². The van der Waals surface area contributed by atoms with Gasteiger partial charge < -0.3 is 10.4 Å². The Kier molecular flexibility index (Phi) is 5.33. The van der Waals surface area contributed by atoms with Gasteiger partial charge in [-0.3, -0.25) is 19.0 Å². The summed E-state index contributed by atoms with van der Waals surface area (Å²) in [4.78, 5) is 22.8. The van der Waals surface area contributed by atoms with Crippen LogP contribution in [0.2, 0.25) is 5.02 Å². The number of benzene rings is 1. The van der Waals surface area contributed by atoms with Crippen LogP contribution >= 0.6 is 11.6 Å². The van der Waals surface area contributed by atoms with Gasteiger partial charge >= 0.3 is 5.97 Å². The number of nitrogens with one attached hydrogen (secondary N) is 1. The molecule has 2 heterocycles. The quantitative estimate of drug-likeness (QED) is 0.662. The van der Waals surface area contributed by atoms with Crippen molar-refractivity contribution in [2.75, 3.05) is 5.32 Å². The van der Waals surface area contributed by atoms with Gasteiger partial charge in [0.15, 0.2) is 5.82 Å². The van der Waals surface area contributed by atoms with E-state index in [4.69, 9.17) is 16.7 Å². The lowest BCUT2D eigenvalue weighted by atomic mass is 10.2. The van der Waals surface area contributed by atoms with Crippen LogP contribution in [0.4, 0.5) is 5.82 Å². The zero-order valence-electron chi connectivity index (χ0n) is 13.7. The number of halogens is 1. The molecule has 0 saturated heterocycles. The second kappa shape index (κ2) is 7.83. The second-order valence-corrected chi connectivity index (χ2v) is 5.99. The summed E-state index contributed by atoms with van der Waals surface area (Å²) in [5.41, 5.74) is 1.26. The van der Waals surface area contributed by atoms with Crippen LogP contribution in [0, 0.1) is 0 Å². The molecule has 8 nitrogen and oxygen atoms in total. The monoisotopic (exact) mass is 373 g/mol. The Morgan fingerprint density at radius 2 is 2.00 bits per heavy atom. The summed E-state index contributed by atoms with van der Waals surface area (Å²) in [6.45, 7) is 0.692. The first-order valence-electron chi connectivity index (χ1n) is 7.84. The second-order valence-electron chi connectivity index (χ2n) is 5.58. The number of carboxylic acids is 1. The van der Waals surface area contributed by atoms with E-state index in [0.29, 0.717) is 22.9 Å². The van der Waals surface area contributed by atoms with Crippen LogP contribution in [0.25, 0.3) is 0 Å². The van der Waals surface area contributed by atoms with E-state index in [1.165, 1.54) is 17.1 Å². The van der Waals surface area contributed by atoms with Gasteiger partial charge in [0.2, 0.25) is 0 Å². The average Bonchev–Trinajstić information content (AvgIpc) is 3.24. The van der Waals surface area contributed by atoms with Crippen molar-refractivity contribution in [2.45, 2.75) is 19.5 Å². The molecule has 2 N–H and O–H groups in total. The lowest BCUT2D eigenvalue weighted by Gasteiger charge is -2.04. The van der Waals surface area contributed by atoms with Crippen molar-refractivity contribution in [2.24, 2.45) is 0 Å². The van der Waals surface area contributed by atoms with Crippen molar-refractivity contribution < 1.29 is 14.7 Å². The SMILES string of the molecule is O=C(O)CCn1cc(C(=O)Nc2ccn(Cc3ccccc3Cl)n2)cn1. The van der Waals surface area contributed by atoms with Crippen molar-refractivity contribution in [1.82, 2.24) is 19.6 Å². The van der Waals surface area contributed by atoms with Gasteiger partial charge in [0, 0.05) is 23.5 Å². The molecule has 134 valence electrons. The number of aromatic nitrogens is 4. The van der Waals surface area contributed by atoms with Gasteiger partial charge in [-0.2, -0.15) is 10.2 Å². The van der Waals surface area contributed by atoms with E-state index >= 15 is 0 Å². The number of nitrogens with zero attached hydrogens (tertiary/aromatic N) is 4. The first kappa shape index (κ1) is 17.7. The number of amides is 1. The fourth-order valence-electron chi connectivity index (χ4n) is 2.32.